The van der Waals surface area contributed by atoms with Crippen molar-refractivity contribution in [2.45, 2.75) is 13.3 Å². The van der Waals surface area contributed by atoms with Gasteiger partial charge in [-0.2, -0.15) is 0 Å². The van der Waals surface area contributed by atoms with E-state index < -0.39 is 0 Å². The maximum Gasteiger partial charge on any atom is 0.230 e. The molecule has 2 aromatic rings. The molecule has 124 valence electrons. The summed E-state index contributed by atoms with van der Waals surface area (Å²) in [5.74, 6) is 0.528. The Morgan fingerprint density at radius 3 is 2.21 bits per heavy atom. The van der Waals surface area contributed by atoms with Crippen LogP contribution in [0.1, 0.15) is 22.8 Å². The first-order valence-electron chi connectivity index (χ1n) is 7.32. The lowest BCUT2D eigenvalue weighted by Crippen LogP contribution is -2.35. The standard InChI is InChI=1S/C18H18N2O3S/c1-12(21)14-5-7-15(8-6-14)19-18(24)20-17(22)11-13-3-9-16(23-2)10-4-13/h3-10H,11H2,1-2H3,(H2,19,20,22,24). The number of benzene rings is 2. The first-order valence-corrected chi connectivity index (χ1v) is 7.73. The zero-order chi connectivity index (χ0) is 17.5. The minimum absolute atomic E-state index is 0.00285. The number of Topliss-reactive ketones (excluding diaryl/α,β-unsaturated/α-hetero) is 1. The third-order valence-corrected chi connectivity index (χ3v) is 3.53. The quantitative estimate of drug-likeness (QED) is 0.646. The van der Waals surface area contributed by atoms with Crippen molar-refractivity contribution >= 4 is 34.7 Å². The van der Waals surface area contributed by atoms with E-state index in [-0.39, 0.29) is 23.2 Å². The van der Waals surface area contributed by atoms with Crippen LogP contribution in [0.15, 0.2) is 48.5 Å². The maximum atomic E-state index is 12.0. The van der Waals surface area contributed by atoms with Gasteiger partial charge < -0.3 is 15.4 Å². The van der Waals surface area contributed by atoms with E-state index in [1.54, 1.807) is 43.5 Å². The largest absolute Gasteiger partial charge is 0.497 e. The van der Waals surface area contributed by atoms with Crippen LogP contribution in [-0.2, 0) is 11.2 Å². The number of anilines is 1. The summed E-state index contributed by atoms with van der Waals surface area (Å²) in [6.45, 7) is 1.51. The van der Waals surface area contributed by atoms with E-state index in [4.69, 9.17) is 17.0 Å². The molecule has 0 atom stereocenters. The van der Waals surface area contributed by atoms with Crippen molar-refractivity contribution in [1.82, 2.24) is 5.32 Å². The summed E-state index contributed by atoms with van der Waals surface area (Å²) in [6.07, 6.45) is 0.217. The lowest BCUT2D eigenvalue weighted by atomic mass is 10.1. The number of carbonyl (C=O) groups is 2. The van der Waals surface area contributed by atoms with E-state index in [1.165, 1.54) is 6.92 Å². The maximum absolute atomic E-state index is 12.0. The highest BCUT2D eigenvalue weighted by atomic mass is 32.1. The average molecular weight is 342 g/mol. The van der Waals surface area contributed by atoms with E-state index in [1.807, 2.05) is 12.1 Å². The molecule has 1 amide bonds. The summed E-state index contributed by atoms with van der Waals surface area (Å²) in [7, 11) is 1.59. The molecule has 24 heavy (non-hydrogen) atoms. The van der Waals surface area contributed by atoms with Crippen LogP contribution in [0.5, 0.6) is 5.75 Å². The summed E-state index contributed by atoms with van der Waals surface area (Å²) in [5, 5.41) is 5.75. The topological polar surface area (TPSA) is 67.4 Å². The lowest BCUT2D eigenvalue weighted by Gasteiger charge is -2.10. The van der Waals surface area contributed by atoms with Gasteiger partial charge in [0.05, 0.1) is 13.5 Å². The Bertz CT molecular complexity index is 740. The average Bonchev–Trinajstić information content (AvgIpc) is 2.55. The fourth-order valence-corrected chi connectivity index (χ4v) is 2.28. The molecule has 0 saturated carbocycles. The first kappa shape index (κ1) is 17.6. The van der Waals surface area contributed by atoms with E-state index in [0.29, 0.717) is 11.3 Å². The van der Waals surface area contributed by atoms with E-state index in [2.05, 4.69) is 10.6 Å². The number of methoxy groups -OCH3 is 1. The Kier molecular flexibility index (Phi) is 6.03. The number of thiocarbonyl (C=S) groups is 1. The molecule has 0 aromatic heterocycles. The second-order valence-electron chi connectivity index (χ2n) is 5.16. The summed E-state index contributed by atoms with van der Waals surface area (Å²) < 4.78 is 5.08. The highest BCUT2D eigenvalue weighted by Crippen LogP contribution is 2.12. The normalized spacial score (nSPS) is 9.92. The van der Waals surface area contributed by atoms with Crippen LogP contribution in [0.25, 0.3) is 0 Å². The van der Waals surface area contributed by atoms with Crippen molar-refractivity contribution < 1.29 is 14.3 Å². The fourth-order valence-electron chi connectivity index (χ4n) is 2.05. The number of carbonyl (C=O) groups excluding carboxylic acids is 2. The number of ether oxygens (including phenoxy) is 1. The summed E-state index contributed by atoms with van der Waals surface area (Å²) in [4.78, 5) is 23.2. The molecule has 5 nitrogen and oxygen atoms in total. The molecule has 2 N–H and O–H groups in total. The van der Waals surface area contributed by atoms with Gasteiger partial charge >= 0.3 is 0 Å². The Hall–Kier alpha value is -2.73. The minimum Gasteiger partial charge on any atom is -0.497 e. The Morgan fingerprint density at radius 1 is 1.04 bits per heavy atom. The number of rotatable bonds is 5. The SMILES string of the molecule is COc1ccc(CC(=O)NC(=S)Nc2ccc(C(C)=O)cc2)cc1. The molecule has 0 heterocycles. The number of hydrogen-bond acceptors (Lipinski definition) is 4. The molecular formula is C18H18N2O3S. The number of amides is 1. The zero-order valence-electron chi connectivity index (χ0n) is 13.5. The molecule has 0 bridgehead atoms. The van der Waals surface area contributed by atoms with Crippen LogP contribution in [0.3, 0.4) is 0 Å². The molecule has 0 aliphatic heterocycles. The number of ketones is 1. The molecule has 0 unspecified atom stereocenters. The second kappa shape index (κ2) is 8.21. The monoisotopic (exact) mass is 342 g/mol. The molecule has 0 spiro atoms. The molecule has 0 aliphatic rings. The predicted octanol–water partition coefficient (Wildman–Crippen LogP) is 2.95. The van der Waals surface area contributed by atoms with Gasteiger partial charge in [-0.25, -0.2) is 0 Å². The smallest absolute Gasteiger partial charge is 0.230 e. The lowest BCUT2D eigenvalue weighted by molar-refractivity contribution is -0.119. The van der Waals surface area contributed by atoms with Crippen molar-refractivity contribution in [3.8, 4) is 5.75 Å². The van der Waals surface area contributed by atoms with Crippen LogP contribution in [0, 0.1) is 0 Å². The van der Waals surface area contributed by atoms with Crippen molar-refractivity contribution in [2.75, 3.05) is 12.4 Å². The van der Waals surface area contributed by atoms with Crippen LogP contribution in [-0.4, -0.2) is 23.9 Å². The highest BCUT2D eigenvalue weighted by Gasteiger charge is 2.07. The third-order valence-electron chi connectivity index (χ3n) is 3.33. The Balaban J connectivity index is 1.86. The van der Waals surface area contributed by atoms with Crippen LogP contribution >= 0.6 is 12.2 Å². The minimum atomic E-state index is -0.210. The van der Waals surface area contributed by atoms with Gasteiger partial charge in [-0.1, -0.05) is 12.1 Å². The van der Waals surface area contributed by atoms with Crippen molar-refractivity contribution in [3.05, 3.63) is 59.7 Å². The molecule has 0 fully saturated rings. The van der Waals surface area contributed by atoms with Gasteiger partial charge in [0.25, 0.3) is 0 Å². The van der Waals surface area contributed by atoms with E-state index in [9.17, 15) is 9.59 Å². The van der Waals surface area contributed by atoms with Crippen molar-refractivity contribution in [2.24, 2.45) is 0 Å². The Labute approximate surface area is 146 Å². The van der Waals surface area contributed by atoms with Gasteiger partial charge in [0.1, 0.15) is 5.75 Å². The molecule has 0 radical (unpaired) electrons. The highest BCUT2D eigenvalue weighted by molar-refractivity contribution is 7.80. The fraction of sp³-hybridized carbons (Fsp3) is 0.167. The van der Waals surface area contributed by atoms with Crippen LogP contribution in [0.4, 0.5) is 5.69 Å². The van der Waals surface area contributed by atoms with Gasteiger partial charge in [0, 0.05) is 11.3 Å². The predicted molar refractivity (Wildman–Crippen MR) is 97.5 cm³/mol. The second-order valence-corrected chi connectivity index (χ2v) is 5.57. The van der Waals surface area contributed by atoms with Crippen LogP contribution in [0.2, 0.25) is 0 Å². The first-order chi connectivity index (χ1) is 11.5. The van der Waals surface area contributed by atoms with Gasteiger partial charge in [-0.15, -0.1) is 0 Å². The Morgan fingerprint density at radius 2 is 1.67 bits per heavy atom. The molecule has 6 heteroatoms. The summed E-state index contributed by atoms with van der Waals surface area (Å²) in [5.41, 5.74) is 2.19. The van der Waals surface area contributed by atoms with Crippen LogP contribution < -0.4 is 15.4 Å². The van der Waals surface area contributed by atoms with Crippen molar-refractivity contribution in [1.29, 1.82) is 0 Å². The van der Waals surface area contributed by atoms with Gasteiger partial charge in [0.2, 0.25) is 5.91 Å². The van der Waals surface area contributed by atoms with Gasteiger partial charge in [0.15, 0.2) is 10.9 Å². The van der Waals surface area contributed by atoms with E-state index in [0.717, 1.165) is 11.3 Å². The van der Waals surface area contributed by atoms with Crippen molar-refractivity contribution in [3.63, 3.8) is 0 Å². The number of nitrogens with one attached hydrogen (secondary N) is 2. The molecular weight excluding hydrogens is 324 g/mol. The molecule has 2 aromatic carbocycles. The van der Waals surface area contributed by atoms with Gasteiger partial charge in [-0.3, -0.25) is 9.59 Å². The summed E-state index contributed by atoms with van der Waals surface area (Å²) in [6, 6.07) is 14.1. The third kappa shape index (κ3) is 5.17. The van der Waals surface area contributed by atoms with E-state index >= 15 is 0 Å². The molecule has 0 saturated heterocycles. The molecule has 0 aliphatic carbocycles. The number of hydrogen-bond donors (Lipinski definition) is 2. The zero-order valence-corrected chi connectivity index (χ0v) is 14.3. The summed E-state index contributed by atoms with van der Waals surface area (Å²) >= 11 is 5.12. The van der Waals surface area contributed by atoms with Gasteiger partial charge in [-0.05, 0) is 61.1 Å². The molecule has 2 rings (SSSR count).